The number of para-hydroxylation sites is 1. The Labute approximate surface area is 184 Å². The minimum absolute atomic E-state index is 0.0556. The summed E-state index contributed by atoms with van der Waals surface area (Å²) in [6.07, 6.45) is 3.81. The van der Waals surface area contributed by atoms with Crippen molar-refractivity contribution in [3.63, 3.8) is 0 Å². The van der Waals surface area contributed by atoms with Crippen LogP contribution in [0.3, 0.4) is 0 Å². The Balaban J connectivity index is 1.49. The highest BCUT2D eigenvalue weighted by Gasteiger charge is 2.29. The van der Waals surface area contributed by atoms with Gasteiger partial charge in [0.2, 0.25) is 11.8 Å². The van der Waals surface area contributed by atoms with E-state index in [4.69, 9.17) is 0 Å². The van der Waals surface area contributed by atoms with Crippen LogP contribution < -0.4 is 15.5 Å². The van der Waals surface area contributed by atoms with E-state index in [0.29, 0.717) is 0 Å². The Bertz CT molecular complexity index is 884. The lowest BCUT2D eigenvalue weighted by Gasteiger charge is -2.31. The molecular formula is C23H32N6O2. The van der Waals surface area contributed by atoms with Crippen LogP contribution in [0.15, 0.2) is 36.5 Å². The van der Waals surface area contributed by atoms with Crippen LogP contribution >= 0.6 is 0 Å². The third kappa shape index (κ3) is 5.79. The second kappa shape index (κ2) is 10.3. The molecule has 2 aromatic rings. The van der Waals surface area contributed by atoms with E-state index >= 15 is 0 Å². The molecule has 1 fully saturated rings. The van der Waals surface area contributed by atoms with Gasteiger partial charge >= 0.3 is 0 Å². The molecule has 166 valence electrons. The molecule has 1 aliphatic heterocycles. The molecule has 2 atom stereocenters. The van der Waals surface area contributed by atoms with E-state index in [1.807, 2.05) is 63.1 Å². The Morgan fingerprint density at radius 2 is 1.97 bits per heavy atom. The lowest BCUT2D eigenvalue weighted by atomic mass is 10.1. The van der Waals surface area contributed by atoms with Gasteiger partial charge in [-0.25, -0.2) is 0 Å². The molecule has 0 bridgehead atoms. The molecule has 1 aliphatic rings. The number of likely N-dealkylation sites (N-methyl/N-ethyl adjacent to an activating group) is 1. The summed E-state index contributed by atoms with van der Waals surface area (Å²) in [5, 5.41) is 13.9. The molecule has 8 heteroatoms. The van der Waals surface area contributed by atoms with E-state index in [9.17, 15) is 9.59 Å². The minimum Gasteiger partial charge on any atom is -0.351 e. The van der Waals surface area contributed by atoms with Gasteiger partial charge in [-0.3, -0.25) is 14.5 Å². The lowest BCUT2D eigenvalue weighted by Crippen LogP contribution is -2.49. The molecule has 1 aromatic heterocycles. The highest BCUT2D eigenvalue weighted by atomic mass is 16.2. The number of aryl methyl sites for hydroxylation is 2. The first-order chi connectivity index (χ1) is 14.9. The summed E-state index contributed by atoms with van der Waals surface area (Å²) >= 11 is 0. The van der Waals surface area contributed by atoms with Crippen molar-refractivity contribution in [1.82, 2.24) is 20.4 Å². The van der Waals surface area contributed by atoms with Gasteiger partial charge in [0.15, 0.2) is 5.82 Å². The van der Waals surface area contributed by atoms with Gasteiger partial charge in [0, 0.05) is 31.0 Å². The summed E-state index contributed by atoms with van der Waals surface area (Å²) in [5.74, 6) is 0.479. The number of nitrogens with one attached hydrogen (secondary N) is 2. The van der Waals surface area contributed by atoms with E-state index in [-0.39, 0.29) is 30.4 Å². The van der Waals surface area contributed by atoms with Gasteiger partial charge in [-0.2, -0.15) is 5.10 Å². The summed E-state index contributed by atoms with van der Waals surface area (Å²) in [6, 6.07) is 9.64. The van der Waals surface area contributed by atoms with E-state index in [1.165, 1.54) is 0 Å². The molecule has 1 aromatic carbocycles. The lowest BCUT2D eigenvalue weighted by molar-refractivity contribution is -0.127. The molecule has 2 amide bonds. The van der Waals surface area contributed by atoms with E-state index < -0.39 is 0 Å². The molecule has 8 nitrogen and oxygen atoms in total. The topological polar surface area (TPSA) is 90.5 Å². The number of anilines is 2. The van der Waals surface area contributed by atoms with Gasteiger partial charge in [-0.15, -0.1) is 5.10 Å². The Hall–Kier alpha value is -3.00. The van der Waals surface area contributed by atoms with Gasteiger partial charge < -0.3 is 15.5 Å². The maximum atomic E-state index is 12.6. The first kappa shape index (κ1) is 22.7. The van der Waals surface area contributed by atoms with Gasteiger partial charge in [0.1, 0.15) is 0 Å². The average molecular weight is 425 g/mol. The molecule has 31 heavy (non-hydrogen) atoms. The zero-order valence-electron chi connectivity index (χ0n) is 18.8. The third-order valence-corrected chi connectivity index (χ3v) is 5.94. The van der Waals surface area contributed by atoms with Crippen molar-refractivity contribution in [2.45, 2.75) is 45.7 Å². The fraction of sp³-hybridized carbons (Fsp3) is 0.478. The molecular weight excluding hydrogens is 392 g/mol. The van der Waals surface area contributed by atoms with Crippen LogP contribution in [-0.2, 0) is 9.59 Å². The number of carbonyl (C=O) groups excluding carboxylic acids is 2. The third-order valence-electron chi connectivity index (χ3n) is 5.94. The Morgan fingerprint density at radius 3 is 2.65 bits per heavy atom. The number of rotatable bonds is 8. The molecule has 1 saturated heterocycles. The largest absolute Gasteiger partial charge is 0.351 e. The van der Waals surface area contributed by atoms with Crippen LogP contribution in [0.5, 0.6) is 0 Å². The summed E-state index contributed by atoms with van der Waals surface area (Å²) in [7, 11) is 1.94. The van der Waals surface area contributed by atoms with Crippen LogP contribution in [0.25, 0.3) is 0 Å². The highest BCUT2D eigenvalue weighted by molar-refractivity contribution is 5.96. The fourth-order valence-electron chi connectivity index (χ4n) is 3.97. The first-order valence-electron chi connectivity index (χ1n) is 10.7. The maximum absolute atomic E-state index is 12.6. The fourth-order valence-corrected chi connectivity index (χ4v) is 3.97. The van der Waals surface area contributed by atoms with Gasteiger partial charge in [-0.05, 0) is 63.9 Å². The summed E-state index contributed by atoms with van der Waals surface area (Å²) < 4.78 is 0. The zero-order chi connectivity index (χ0) is 22.4. The number of carbonyl (C=O) groups is 2. The van der Waals surface area contributed by atoms with Gasteiger partial charge in [0.25, 0.3) is 0 Å². The standard InChI is InChI=1S/C23H32N6O2/c1-16-8-5-9-17(2)22(16)26-21(30)14-24-23(31)18(3)28(4)15-19-10-7-13-29(19)20-11-6-12-25-27-20/h5-6,8-9,11-12,18-19H,7,10,13-15H2,1-4H3,(H,24,31)(H,26,30). The van der Waals surface area contributed by atoms with E-state index in [0.717, 1.165) is 48.6 Å². The van der Waals surface area contributed by atoms with Crippen molar-refractivity contribution in [2.24, 2.45) is 0 Å². The van der Waals surface area contributed by atoms with Crippen molar-refractivity contribution in [2.75, 3.05) is 36.9 Å². The predicted octanol–water partition coefficient (Wildman–Crippen LogP) is 2.14. The molecule has 0 aliphatic carbocycles. The van der Waals surface area contributed by atoms with Crippen LogP contribution in [0.1, 0.15) is 30.9 Å². The van der Waals surface area contributed by atoms with Crippen LogP contribution in [0, 0.1) is 13.8 Å². The Kier molecular flexibility index (Phi) is 7.57. The summed E-state index contributed by atoms with van der Waals surface area (Å²) in [4.78, 5) is 29.2. The molecule has 0 radical (unpaired) electrons. The zero-order valence-corrected chi connectivity index (χ0v) is 18.8. The van der Waals surface area contributed by atoms with Crippen molar-refractivity contribution >= 4 is 23.3 Å². The number of hydrogen-bond acceptors (Lipinski definition) is 6. The quantitative estimate of drug-likeness (QED) is 0.675. The summed E-state index contributed by atoms with van der Waals surface area (Å²) in [5.41, 5.74) is 2.80. The highest BCUT2D eigenvalue weighted by Crippen LogP contribution is 2.24. The van der Waals surface area contributed by atoms with E-state index in [2.05, 4.69) is 25.7 Å². The molecule has 2 unspecified atom stereocenters. The van der Waals surface area contributed by atoms with E-state index in [1.54, 1.807) is 6.20 Å². The van der Waals surface area contributed by atoms with Gasteiger partial charge in [-0.1, -0.05) is 18.2 Å². The second-order valence-corrected chi connectivity index (χ2v) is 8.22. The second-order valence-electron chi connectivity index (χ2n) is 8.22. The molecule has 2 N–H and O–H groups in total. The number of benzene rings is 1. The van der Waals surface area contributed by atoms with Crippen molar-refractivity contribution < 1.29 is 9.59 Å². The monoisotopic (exact) mass is 424 g/mol. The predicted molar refractivity (Wildman–Crippen MR) is 122 cm³/mol. The molecule has 0 spiro atoms. The Morgan fingerprint density at radius 1 is 1.23 bits per heavy atom. The first-order valence-corrected chi connectivity index (χ1v) is 10.7. The van der Waals surface area contributed by atoms with Crippen molar-refractivity contribution in [1.29, 1.82) is 0 Å². The van der Waals surface area contributed by atoms with Crippen molar-refractivity contribution in [3.8, 4) is 0 Å². The van der Waals surface area contributed by atoms with Crippen molar-refractivity contribution in [3.05, 3.63) is 47.7 Å². The van der Waals surface area contributed by atoms with Crippen LogP contribution in [-0.4, -0.2) is 65.7 Å². The minimum atomic E-state index is -0.350. The maximum Gasteiger partial charge on any atom is 0.243 e. The number of amides is 2. The van der Waals surface area contributed by atoms with Gasteiger partial charge in [0.05, 0.1) is 12.6 Å². The smallest absolute Gasteiger partial charge is 0.243 e. The molecule has 2 heterocycles. The molecule has 3 rings (SSSR count). The number of hydrogen-bond donors (Lipinski definition) is 2. The number of aromatic nitrogens is 2. The SMILES string of the molecule is Cc1cccc(C)c1NC(=O)CNC(=O)C(C)N(C)CC1CCCN1c1cccnn1. The molecule has 0 saturated carbocycles. The van der Waals surface area contributed by atoms with Crippen LogP contribution in [0.2, 0.25) is 0 Å². The average Bonchev–Trinajstić information content (AvgIpc) is 3.22. The number of nitrogens with zero attached hydrogens (tertiary/aromatic N) is 4. The summed E-state index contributed by atoms with van der Waals surface area (Å²) in [6.45, 7) is 7.38. The van der Waals surface area contributed by atoms with Crippen LogP contribution in [0.4, 0.5) is 11.5 Å². The normalized spacial score (nSPS) is 16.9.